The number of nitrogens with zero attached hydrogens (tertiary/aromatic N) is 5. The monoisotopic (exact) mass is 467 g/mol. The number of piperidine rings is 1. The summed E-state index contributed by atoms with van der Waals surface area (Å²) >= 11 is 0. The van der Waals surface area contributed by atoms with Gasteiger partial charge < -0.3 is 4.90 Å². The molecule has 0 spiro atoms. The molecule has 2 aliphatic heterocycles. The number of benzene rings is 1. The Bertz CT molecular complexity index is 1290. The molecular formula is C24H29N5O3S. The van der Waals surface area contributed by atoms with Crippen molar-refractivity contribution >= 4 is 21.6 Å². The number of carbonyl (C=O) groups excluding carboxylic acids is 1. The highest BCUT2D eigenvalue weighted by Crippen LogP contribution is 2.35. The average molecular weight is 468 g/mol. The lowest BCUT2D eigenvalue weighted by molar-refractivity contribution is -0.137. The second-order valence-corrected chi connectivity index (χ2v) is 11.0. The Kier molecular flexibility index (Phi) is 5.70. The molecule has 3 aromatic rings. The molecule has 2 aliphatic rings. The van der Waals surface area contributed by atoms with E-state index in [9.17, 15) is 13.2 Å². The van der Waals surface area contributed by atoms with Gasteiger partial charge in [-0.1, -0.05) is 23.8 Å². The minimum absolute atomic E-state index is 0.0909. The molecule has 2 saturated heterocycles. The number of fused-ring (bicyclic) bond motifs is 1. The van der Waals surface area contributed by atoms with E-state index in [1.54, 1.807) is 6.07 Å². The van der Waals surface area contributed by atoms with Crippen LogP contribution in [0.2, 0.25) is 0 Å². The van der Waals surface area contributed by atoms with Gasteiger partial charge in [0, 0.05) is 31.7 Å². The quantitative estimate of drug-likeness (QED) is 0.588. The Labute approximate surface area is 194 Å². The fourth-order valence-electron chi connectivity index (χ4n) is 5.19. The van der Waals surface area contributed by atoms with Crippen LogP contribution in [-0.4, -0.2) is 57.8 Å². The van der Waals surface area contributed by atoms with Crippen LogP contribution in [0.15, 0.2) is 47.5 Å². The van der Waals surface area contributed by atoms with Crippen LogP contribution in [0.3, 0.4) is 0 Å². The van der Waals surface area contributed by atoms with Crippen molar-refractivity contribution in [3.8, 4) is 0 Å². The third-order valence-electron chi connectivity index (χ3n) is 6.93. The van der Waals surface area contributed by atoms with Gasteiger partial charge in [-0.3, -0.25) is 9.20 Å². The van der Waals surface area contributed by atoms with Crippen molar-refractivity contribution < 1.29 is 13.2 Å². The molecular weight excluding hydrogens is 438 g/mol. The van der Waals surface area contributed by atoms with Crippen LogP contribution in [-0.2, 0) is 14.8 Å². The van der Waals surface area contributed by atoms with Gasteiger partial charge in [-0.25, -0.2) is 8.42 Å². The van der Waals surface area contributed by atoms with Crippen LogP contribution in [0.25, 0.3) is 5.65 Å². The summed E-state index contributed by atoms with van der Waals surface area (Å²) in [7, 11) is -3.56. The molecule has 8 nitrogen and oxygen atoms in total. The lowest BCUT2D eigenvalue weighted by Gasteiger charge is -2.34. The topological polar surface area (TPSA) is 87.9 Å². The number of aryl methyl sites for hydroxylation is 2. The molecule has 1 atom stereocenters. The maximum atomic E-state index is 13.5. The molecule has 4 heterocycles. The Morgan fingerprint density at radius 3 is 2.55 bits per heavy atom. The third-order valence-corrected chi connectivity index (χ3v) is 8.98. The Morgan fingerprint density at radius 1 is 1.00 bits per heavy atom. The molecule has 9 heteroatoms. The molecule has 1 aromatic carbocycles. The predicted molar refractivity (Wildman–Crippen MR) is 124 cm³/mol. The van der Waals surface area contributed by atoms with Gasteiger partial charge in [-0.2, -0.15) is 4.31 Å². The van der Waals surface area contributed by atoms with Crippen LogP contribution in [0, 0.1) is 19.8 Å². The molecule has 0 aliphatic carbocycles. The van der Waals surface area contributed by atoms with E-state index in [1.807, 2.05) is 59.7 Å². The zero-order valence-electron chi connectivity index (χ0n) is 19.0. The molecule has 1 amide bonds. The largest absolute Gasteiger partial charge is 0.332 e. The van der Waals surface area contributed by atoms with Crippen molar-refractivity contribution in [1.29, 1.82) is 0 Å². The van der Waals surface area contributed by atoms with Crippen molar-refractivity contribution in [2.24, 2.45) is 5.92 Å². The number of carbonyl (C=O) groups is 1. The van der Waals surface area contributed by atoms with Crippen LogP contribution >= 0.6 is 0 Å². The van der Waals surface area contributed by atoms with Crippen molar-refractivity contribution in [3.63, 3.8) is 0 Å². The molecule has 174 valence electrons. The minimum Gasteiger partial charge on any atom is -0.332 e. The number of hydrogen-bond donors (Lipinski definition) is 0. The Hall–Kier alpha value is -2.78. The van der Waals surface area contributed by atoms with Crippen molar-refractivity contribution in [2.75, 3.05) is 19.6 Å². The number of aromatic nitrogens is 3. The summed E-state index contributed by atoms with van der Waals surface area (Å²) < 4.78 is 29.9. The normalized spacial score (nSPS) is 20.5. The number of sulfonamides is 1. The molecule has 0 radical (unpaired) electrons. The maximum absolute atomic E-state index is 13.5. The Balaban J connectivity index is 1.29. The second-order valence-electron chi connectivity index (χ2n) is 9.12. The van der Waals surface area contributed by atoms with E-state index >= 15 is 0 Å². The first-order valence-corrected chi connectivity index (χ1v) is 13.0. The average Bonchev–Trinajstić information content (AvgIpc) is 3.45. The Morgan fingerprint density at radius 2 is 1.79 bits per heavy atom. The van der Waals surface area contributed by atoms with E-state index < -0.39 is 10.0 Å². The molecule has 0 bridgehead atoms. The summed E-state index contributed by atoms with van der Waals surface area (Å²) in [5, 5.41) is 8.63. The highest BCUT2D eigenvalue weighted by Gasteiger charge is 2.39. The first-order chi connectivity index (χ1) is 15.9. The van der Waals surface area contributed by atoms with Gasteiger partial charge in [0.15, 0.2) is 11.5 Å². The van der Waals surface area contributed by atoms with Gasteiger partial charge in [0.25, 0.3) is 0 Å². The number of pyridine rings is 1. The van der Waals surface area contributed by atoms with E-state index in [0.29, 0.717) is 37.4 Å². The molecule has 2 fully saturated rings. The molecule has 33 heavy (non-hydrogen) atoms. The second kappa shape index (κ2) is 8.53. The summed E-state index contributed by atoms with van der Waals surface area (Å²) in [4.78, 5) is 15.8. The first kappa shape index (κ1) is 22.0. The number of rotatable bonds is 4. The number of likely N-dealkylation sites (tertiary alicyclic amines) is 1. The summed E-state index contributed by atoms with van der Waals surface area (Å²) in [6, 6.07) is 11.1. The van der Waals surface area contributed by atoms with Gasteiger partial charge in [-0.05, 0) is 63.3 Å². The minimum atomic E-state index is -3.56. The zero-order valence-corrected chi connectivity index (χ0v) is 19.8. The van der Waals surface area contributed by atoms with Gasteiger partial charge in [-0.15, -0.1) is 10.2 Å². The lowest BCUT2D eigenvalue weighted by Crippen LogP contribution is -2.44. The van der Waals surface area contributed by atoms with E-state index in [4.69, 9.17) is 0 Å². The van der Waals surface area contributed by atoms with Crippen molar-refractivity contribution in [1.82, 2.24) is 23.8 Å². The highest BCUT2D eigenvalue weighted by atomic mass is 32.2. The standard InChI is InChI=1S/C24H29N5O3S/c1-17-8-9-21(18(2)16-17)33(31,32)27-14-10-19(11-15-27)24(30)28-13-5-6-20(28)23-26-25-22-7-3-4-12-29(22)23/h3-4,7-9,12,16,19-20H,5-6,10-11,13-15H2,1-2H3/t20-/m0/s1. The zero-order chi connectivity index (χ0) is 23.2. The van der Waals surface area contributed by atoms with E-state index in [0.717, 1.165) is 35.4 Å². The fraction of sp³-hybridized carbons (Fsp3) is 0.458. The fourth-order valence-corrected chi connectivity index (χ4v) is 6.87. The van der Waals surface area contributed by atoms with Gasteiger partial charge in [0.1, 0.15) is 0 Å². The van der Waals surface area contributed by atoms with Gasteiger partial charge in [0.05, 0.1) is 10.9 Å². The van der Waals surface area contributed by atoms with E-state index in [1.165, 1.54) is 4.31 Å². The van der Waals surface area contributed by atoms with E-state index in [2.05, 4.69) is 10.2 Å². The molecule has 0 N–H and O–H groups in total. The SMILES string of the molecule is Cc1ccc(S(=O)(=O)N2CCC(C(=O)N3CCC[C@H]3c3nnc4ccccn34)CC2)c(C)c1. The van der Waals surface area contributed by atoms with Gasteiger partial charge in [0.2, 0.25) is 15.9 Å². The van der Waals surface area contributed by atoms with Crippen molar-refractivity contribution in [3.05, 3.63) is 59.5 Å². The number of amides is 1. The molecule has 5 rings (SSSR count). The molecule has 0 unspecified atom stereocenters. The lowest BCUT2D eigenvalue weighted by atomic mass is 9.96. The first-order valence-electron chi connectivity index (χ1n) is 11.5. The summed E-state index contributed by atoms with van der Waals surface area (Å²) in [5.41, 5.74) is 2.57. The predicted octanol–water partition coefficient (Wildman–Crippen LogP) is 3.11. The van der Waals surface area contributed by atoms with Crippen LogP contribution in [0.1, 0.15) is 48.7 Å². The molecule has 2 aromatic heterocycles. The maximum Gasteiger partial charge on any atom is 0.243 e. The third kappa shape index (κ3) is 3.93. The summed E-state index contributed by atoms with van der Waals surface area (Å²) in [6.45, 7) is 5.20. The van der Waals surface area contributed by atoms with Gasteiger partial charge >= 0.3 is 0 Å². The highest BCUT2D eigenvalue weighted by molar-refractivity contribution is 7.89. The van der Waals surface area contributed by atoms with E-state index in [-0.39, 0.29) is 17.9 Å². The molecule has 0 saturated carbocycles. The number of hydrogen-bond acceptors (Lipinski definition) is 5. The van der Waals surface area contributed by atoms with Crippen LogP contribution in [0.5, 0.6) is 0 Å². The van der Waals surface area contributed by atoms with Crippen molar-refractivity contribution in [2.45, 2.75) is 50.5 Å². The summed E-state index contributed by atoms with van der Waals surface area (Å²) in [6.07, 6.45) is 4.79. The smallest absolute Gasteiger partial charge is 0.243 e. The summed E-state index contributed by atoms with van der Waals surface area (Å²) in [5.74, 6) is 0.732. The van der Waals surface area contributed by atoms with Crippen LogP contribution < -0.4 is 0 Å². The van der Waals surface area contributed by atoms with Crippen LogP contribution in [0.4, 0.5) is 0 Å².